The van der Waals surface area contributed by atoms with E-state index >= 15 is 0 Å². The number of carbonyl (C=O) groups excluding carboxylic acids is 3. The number of fused-ring (bicyclic) bond motifs is 1. The molecule has 2 aromatic rings. The number of nitrogens with zero attached hydrogens (tertiary/aromatic N) is 4. The number of urea groups is 1. The second-order valence-electron chi connectivity index (χ2n) is 14.4. The van der Waals surface area contributed by atoms with Crippen LogP contribution >= 0.6 is 11.6 Å². The summed E-state index contributed by atoms with van der Waals surface area (Å²) in [5.74, 6) is 1.04. The van der Waals surface area contributed by atoms with Gasteiger partial charge in [0.2, 0.25) is 11.8 Å². The third-order valence-electron chi connectivity index (χ3n) is 11.3. The highest BCUT2D eigenvalue weighted by Crippen LogP contribution is 2.34. The van der Waals surface area contributed by atoms with Gasteiger partial charge in [0, 0.05) is 50.9 Å². The quantitative estimate of drug-likeness (QED) is 0.385. The van der Waals surface area contributed by atoms with Gasteiger partial charge in [0.15, 0.2) is 0 Å². The van der Waals surface area contributed by atoms with Crippen LogP contribution in [0.5, 0.6) is 0 Å². The van der Waals surface area contributed by atoms with Gasteiger partial charge < -0.3 is 30.7 Å². The number of hydrogen-bond acceptors (Lipinski definition) is 5. The van der Waals surface area contributed by atoms with Crippen molar-refractivity contribution >= 4 is 40.8 Å². The minimum Gasteiger partial charge on any atom is -0.397 e. The Morgan fingerprint density at radius 3 is 2.23 bits per heavy atom. The van der Waals surface area contributed by atoms with Crippen LogP contribution in [0.3, 0.4) is 0 Å². The number of aryl methyl sites for hydroxylation is 1. The highest BCUT2D eigenvalue weighted by atomic mass is 35.5. The zero-order valence-corrected chi connectivity index (χ0v) is 28.8. The molecule has 0 saturated carbocycles. The van der Waals surface area contributed by atoms with Gasteiger partial charge in [-0.15, -0.1) is 0 Å². The first kappa shape index (κ1) is 33.6. The molecule has 3 fully saturated rings. The molecule has 0 spiro atoms. The maximum atomic E-state index is 14.1. The molecule has 10 heteroatoms. The minimum absolute atomic E-state index is 0.00833. The topological polar surface area (TPSA) is 102 Å². The molecule has 254 valence electrons. The van der Waals surface area contributed by atoms with E-state index in [2.05, 4.69) is 23.3 Å². The molecule has 6 rings (SSSR count). The van der Waals surface area contributed by atoms with Crippen LogP contribution in [0.1, 0.15) is 61.6 Å². The average molecular weight is 663 g/mol. The van der Waals surface area contributed by atoms with Crippen LogP contribution in [0.4, 0.5) is 16.2 Å². The van der Waals surface area contributed by atoms with Crippen molar-refractivity contribution in [2.75, 3.05) is 63.9 Å². The number of nitrogens with two attached hydrogens (primary N) is 1. The van der Waals surface area contributed by atoms with E-state index in [0.29, 0.717) is 42.7 Å². The number of nitrogens with one attached hydrogen (secondary N) is 1. The molecule has 3 N–H and O–H groups in total. The minimum atomic E-state index is -0.464. The van der Waals surface area contributed by atoms with Gasteiger partial charge in [0.1, 0.15) is 0 Å². The van der Waals surface area contributed by atoms with Gasteiger partial charge in [0.05, 0.1) is 16.6 Å². The summed E-state index contributed by atoms with van der Waals surface area (Å²) < 4.78 is 0. The molecule has 47 heavy (non-hydrogen) atoms. The molecule has 0 aromatic heterocycles. The Morgan fingerprint density at radius 1 is 0.915 bits per heavy atom. The molecule has 0 bridgehead atoms. The summed E-state index contributed by atoms with van der Waals surface area (Å²) in [6, 6.07) is 11.8. The molecule has 4 heterocycles. The van der Waals surface area contributed by atoms with E-state index in [4.69, 9.17) is 17.3 Å². The Hall–Kier alpha value is -3.30. The van der Waals surface area contributed by atoms with E-state index in [1.807, 2.05) is 52.0 Å². The summed E-state index contributed by atoms with van der Waals surface area (Å²) in [6.07, 6.45) is 7.45. The number of likely N-dealkylation sites (tertiary alicyclic amines) is 3. The monoisotopic (exact) mass is 662 g/mol. The fourth-order valence-electron chi connectivity index (χ4n) is 8.33. The van der Waals surface area contributed by atoms with Gasteiger partial charge in [-0.05, 0) is 119 Å². The highest BCUT2D eigenvalue weighted by Gasteiger charge is 2.36. The van der Waals surface area contributed by atoms with Crippen LogP contribution in [0.25, 0.3) is 0 Å². The number of nitrogen functional groups attached to an aromatic ring is 1. The normalized spacial score (nSPS) is 21.3. The lowest BCUT2D eigenvalue weighted by Crippen LogP contribution is -2.50. The first-order valence-corrected chi connectivity index (χ1v) is 18.0. The van der Waals surface area contributed by atoms with Crippen molar-refractivity contribution in [2.24, 2.45) is 17.8 Å². The van der Waals surface area contributed by atoms with Gasteiger partial charge in [-0.2, -0.15) is 0 Å². The van der Waals surface area contributed by atoms with Crippen molar-refractivity contribution in [1.29, 1.82) is 0 Å². The number of amides is 4. The SMILES string of the molecule is Cc1cc(C[C@@H](CC(=O)N2CCC(N3CCc4ccccc4NC3=O)CC2)C(=O)N2CCC(C3CCN(C)CC3)CC2)cc(Cl)c1N. The number of halogens is 1. The van der Waals surface area contributed by atoms with Crippen molar-refractivity contribution in [1.82, 2.24) is 19.6 Å². The van der Waals surface area contributed by atoms with Crippen LogP contribution in [-0.4, -0.2) is 96.3 Å². The largest absolute Gasteiger partial charge is 0.397 e. The predicted molar refractivity (Wildman–Crippen MR) is 187 cm³/mol. The zero-order chi connectivity index (χ0) is 33.1. The average Bonchev–Trinajstić information content (AvgIpc) is 3.25. The molecule has 2 aromatic carbocycles. The van der Waals surface area contributed by atoms with Gasteiger partial charge in [-0.3, -0.25) is 9.59 Å². The molecule has 1 atom stereocenters. The second kappa shape index (κ2) is 14.9. The van der Waals surface area contributed by atoms with E-state index in [0.717, 1.165) is 86.6 Å². The Kier molecular flexibility index (Phi) is 10.6. The molecule has 0 radical (unpaired) electrons. The van der Waals surface area contributed by atoms with Crippen molar-refractivity contribution in [3.8, 4) is 0 Å². The van der Waals surface area contributed by atoms with Crippen molar-refractivity contribution in [2.45, 2.75) is 70.8 Å². The molecular weight excluding hydrogens is 612 g/mol. The zero-order valence-electron chi connectivity index (χ0n) is 28.1. The number of rotatable bonds is 7. The number of anilines is 2. The lowest BCUT2D eigenvalue weighted by Gasteiger charge is -2.40. The summed E-state index contributed by atoms with van der Waals surface area (Å²) in [6.45, 7) is 7.59. The van der Waals surface area contributed by atoms with Crippen LogP contribution in [-0.2, 0) is 22.4 Å². The molecule has 9 nitrogen and oxygen atoms in total. The van der Waals surface area contributed by atoms with Crippen molar-refractivity contribution in [3.63, 3.8) is 0 Å². The summed E-state index contributed by atoms with van der Waals surface area (Å²) in [5, 5.41) is 3.56. The van der Waals surface area contributed by atoms with E-state index in [1.54, 1.807) is 0 Å². The van der Waals surface area contributed by atoms with E-state index in [1.165, 1.54) is 12.8 Å². The first-order valence-electron chi connectivity index (χ1n) is 17.6. The fourth-order valence-corrected chi connectivity index (χ4v) is 8.62. The van der Waals surface area contributed by atoms with Gasteiger partial charge in [0.25, 0.3) is 0 Å². The second-order valence-corrected chi connectivity index (χ2v) is 14.8. The van der Waals surface area contributed by atoms with Crippen LogP contribution in [0.15, 0.2) is 36.4 Å². The first-order chi connectivity index (χ1) is 22.7. The van der Waals surface area contributed by atoms with Gasteiger partial charge >= 0.3 is 6.03 Å². The third kappa shape index (κ3) is 7.89. The van der Waals surface area contributed by atoms with E-state index in [9.17, 15) is 14.4 Å². The van der Waals surface area contributed by atoms with Crippen LogP contribution in [0.2, 0.25) is 5.02 Å². The van der Waals surface area contributed by atoms with Crippen molar-refractivity contribution in [3.05, 3.63) is 58.1 Å². The number of benzene rings is 2. The molecule has 0 unspecified atom stereocenters. The standard InChI is InChI=1S/C37H51ClN6O3/c1-25-21-26(23-32(38)35(25)39)22-30(36(46)43-16-9-28(10-17-43)27-7-14-41(2)15-8-27)24-34(45)42-18-12-31(13-19-42)44-20-11-29-5-3-4-6-33(29)40-37(44)47/h3-6,21,23,27-28,30-31H,7-20,22,24,39H2,1-2H3,(H,40,47)/t30-/m0/s1. The van der Waals surface area contributed by atoms with E-state index in [-0.39, 0.29) is 30.3 Å². The molecule has 3 saturated heterocycles. The Balaban J connectivity index is 1.08. The fraction of sp³-hybridized carbons (Fsp3) is 0.595. The lowest BCUT2D eigenvalue weighted by atomic mass is 9.78. The maximum Gasteiger partial charge on any atom is 0.322 e. The Morgan fingerprint density at radius 2 is 1.55 bits per heavy atom. The molecular formula is C37H51ClN6O3. The summed E-state index contributed by atoms with van der Waals surface area (Å²) in [7, 11) is 2.20. The lowest BCUT2D eigenvalue weighted by molar-refractivity contribution is -0.143. The molecule has 4 amide bonds. The van der Waals surface area contributed by atoms with Crippen LogP contribution in [0, 0.1) is 24.7 Å². The molecule has 4 aliphatic rings. The van der Waals surface area contributed by atoms with E-state index < -0.39 is 5.92 Å². The Labute approximate surface area is 284 Å². The molecule has 0 aliphatic carbocycles. The smallest absolute Gasteiger partial charge is 0.322 e. The summed E-state index contributed by atoms with van der Waals surface area (Å²) >= 11 is 6.45. The Bertz CT molecular complexity index is 1420. The number of hydrogen-bond donors (Lipinski definition) is 2. The van der Waals surface area contributed by atoms with Crippen LogP contribution < -0.4 is 11.1 Å². The predicted octanol–water partition coefficient (Wildman–Crippen LogP) is 5.44. The number of carbonyl (C=O) groups is 3. The number of para-hydroxylation sites is 1. The highest BCUT2D eigenvalue weighted by molar-refractivity contribution is 6.33. The number of piperidine rings is 3. The third-order valence-corrected chi connectivity index (χ3v) is 11.6. The van der Waals surface area contributed by atoms with Gasteiger partial charge in [-0.1, -0.05) is 35.9 Å². The van der Waals surface area contributed by atoms with Crippen molar-refractivity contribution < 1.29 is 14.4 Å². The van der Waals surface area contributed by atoms with Gasteiger partial charge in [-0.25, -0.2) is 4.79 Å². The summed E-state index contributed by atoms with van der Waals surface area (Å²) in [5.41, 5.74) is 10.5. The molecule has 4 aliphatic heterocycles. The summed E-state index contributed by atoms with van der Waals surface area (Å²) in [4.78, 5) is 49.3. The maximum absolute atomic E-state index is 14.1.